The molecular weight excluding hydrogens is 212 g/mol. The number of hydrogen-bond acceptors (Lipinski definition) is 2. The molecule has 1 heterocycles. The molecule has 2 rings (SSSR count). The van der Waals surface area contributed by atoms with Gasteiger partial charge in [0, 0.05) is 17.8 Å². The molecule has 0 radical (unpaired) electrons. The fourth-order valence-corrected chi connectivity index (χ4v) is 1.80. The second-order valence-corrected chi connectivity index (χ2v) is 4.99. The number of aromatic nitrogens is 1. The Kier molecular flexibility index (Phi) is 2.43. The molecule has 0 saturated heterocycles. The van der Waals surface area contributed by atoms with Crippen molar-refractivity contribution in [2.24, 2.45) is 11.3 Å². The smallest absolute Gasteiger partial charge is 0.228 e. The van der Waals surface area contributed by atoms with Crippen LogP contribution in [0.4, 0.5) is 5.69 Å². The lowest BCUT2D eigenvalue weighted by Gasteiger charge is -2.06. The van der Waals surface area contributed by atoms with Crippen LogP contribution in [0.1, 0.15) is 20.3 Å². The van der Waals surface area contributed by atoms with Gasteiger partial charge in [0.05, 0.1) is 0 Å². The fraction of sp³-hybridized carbons (Fsp3) is 0.455. The molecule has 0 bridgehead atoms. The molecule has 1 saturated carbocycles. The summed E-state index contributed by atoms with van der Waals surface area (Å²) in [5.41, 5.74) is 0.865. The predicted octanol–water partition coefficient (Wildman–Crippen LogP) is 2.72. The van der Waals surface area contributed by atoms with E-state index in [1.54, 1.807) is 18.3 Å². The first-order chi connectivity index (χ1) is 6.99. The van der Waals surface area contributed by atoms with Gasteiger partial charge in [-0.2, -0.15) is 0 Å². The quantitative estimate of drug-likeness (QED) is 0.785. The summed E-state index contributed by atoms with van der Waals surface area (Å²) >= 11 is 5.72. The first-order valence-electron chi connectivity index (χ1n) is 4.91. The van der Waals surface area contributed by atoms with Gasteiger partial charge >= 0.3 is 0 Å². The molecule has 1 aliphatic rings. The first-order valence-corrected chi connectivity index (χ1v) is 5.29. The van der Waals surface area contributed by atoms with E-state index in [0.29, 0.717) is 10.8 Å². The molecular formula is C11H13ClN2O. The Balaban J connectivity index is 2.01. The molecule has 1 amide bonds. The van der Waals surface area contributed by atoms with Crippen LogP contribution in [-0.4, -0.2) is 10.9 Å². The number of nitrogens with zero attached hydrogens (tertiary/aromatic N) is 1. The predicted molar refractivity (Wildman–Crippen MR) is 59.8 cm³/mol. The van der Waals surface area contributed by atoms with Crippen LogP contribution in [-0.2, 0) is 4.79 Å². The Morgan fingerprint density at radius 2 is 2.33 bits per heavy atom. The maximum atomic E-state index is 11.7. The van der Waals surface area contributed by atoms with Crippen LogP contribution in [0.2, 0.25) is 5.15 Å². The van der Waals surface area contributed by atoms with Gasteiger partial charge in [0.1, 0.15) is 5.15 Å². The largest absolute Gasteiger partial charge is 0.326 e. The number of amides is 1. The maximum absolute atomic E-state index is 11.7. The third-order valence-electron chi connectivity index (χ3n) is 2.82. The normalized spacial score (nSPS) is 22.2. The van der Waals surface area contributed by atoms with Gasteiger partial charge in [-0.15, -0.1) is 0 Å². The summed E-state index contributed by atoms with van der Waals surface area (Å²) in [6.45, 7) is 4.19. The molecule has 1 N–H and O–H groups in total. The van der Waals surface area contributed by atoms with Crippen molar-refractivity contribution in [3.63, 3.8) is 0 Å². The van der Waals surface area contributed by atoms with Crippen molar-refractivity contribution in [3.05, 3.63) is 23.5 Å². The van der Waals surface area contributed by atoms with E-state index in [4.69, 9.17) is 11.6 Å². The Hall–Kier alpha value is -1.09. The lowest BCUT2D eigenvalue weighted by atomic mass is 10.1. The Morgan fingerprint density at radius 3 is 2.87 bits per heavy atom. The van der Waals surface area contributed by atoms with E-state index in [0.717, 1.165) is 6.42 Å². The molecule has 0 aromatic carbocycles. The average Bonchev–Trinajstić information content (AvgIpc) is 2.75. The lowest BCUT2D eigenvalue weighted by molar-refractivity contribution is -0.117. The number of nitrogens with one attached hydrogen (secondary N) is 1. The third kappa shape index (κ3) is 2.29. The van der Waals surface area contributed by atoms with Gasteiger partial charge in [0.25, 0.3) is 0 Å². The van der Waals surface area contributed by atoms with Crippen molar-refractivity contribution in [3.8, 4) is 0 Å². The maximum Gasteiger partial charge on any atom is 0.228 e. The zero-order valence-electron chi connectivity index (χ0n) is 8.75. The van der Waals surface area contributed by atoms with E-state index in [1.807, 2.05) is 0 Å². The molecule has 4 heteroatoms. The Labute approximate surface area is 93.8 Å². The number of carbonyl (C=O) groups is 1. The number of pyridine rings is 1. The first kappa shape index (κ1) is 10.4. The highest BCUT2D eigenvalue weighted by atomic mass is 35.5. The minimum absolute atomic E-state index is 0.0715. The van der Waals surface area contributed by atoms with Crippen LogP contribution >= 0.6 is 11.6 Å². The van der Waals surface area contributed by atoms with Gasteiger partial charge in [0.15, 0.2) is 0 Å². The van der Waals surface area contributed by atoms with Crippen molar-refractivity contribution in [2.75, 3.05) is 5.32 Å². The summed E-state index contributed by atoms with van der Waals surface area (Å²) in [7, 11) is 0. The van der Waals surface area contributed by atoms with Crippen LogP contribution in [0, 0.1) is 11.3 Å². The van der Waals surface area contributed by atoms with E-state index in [2.05, 4.69) is 24.1 Å². The van der Waals surface area contributed by atoms with Crippen molar-refractivity contribution >= 4 is 23.2 Å². The van der Waals surface area contributed by atoms with E-state index >= 15 is 0 Å². The molecule has 1 aliphatic carbocycles. The van der Waals surface area contributed by atoms with Crippen LogP contribution in [0.15, 0.2) is 18.3 Å². The zero-order valence-corrected chi connectivity index (χ0v) is 9.51. The topological polar surface area (TPSA) is 42.0 Å². The number of halogens is 1. The van der Waals surface area contributed by atoms with E-state index in [9.17, 15) is 4.79 Å². The Bertz CT molecular complexity index is 403. The van der Waals surface area contributed by atoms with Gasteiger partial charge < -0.3 is 5.32 Å². The standard InChI is InChI=1S/C11H13ClN2O/c1-11(2)6-8(11)10(15)14-7-3-4-13-9(12)5-7/h3-5,8H,6H2,1-2H3,(H,13,14,15). The summed E-state index contributed by atoms with van der Waals surface area (Å²) in [6.07, 6.45) is 2.54. The lowest BCUT2D eigenvalue weighted by Crippen LogP contribution is -2.16. The highest BCUT2D eigenvalue weighted by Gasteiger charge is 2.50. The van der Waals surface area contributed by atoms with Crippen molar-refractivity contribution in [1.82, 2.24) is 4.98 Å². The Morgan fingerprint density at radius 1 is 1.67 bits per heavy atom. The van der Waals surface area contributed by atoms with E-state index in [1.165, 1.54) is 0 Å². The second-order valence-electron chi connectivity index (χ2n) is 4.60. The number of anilines is 1. The summed E-state index contributed by atoms with van der Waals surface area (Å²) < 4.78 is 0. The molecule has 3 nitrogen and oxygen atoms in total. The molecule has 15 heavy (non-hydrogen) atoms. The molecule has 1 aromatic heterocycles. The zero-order chi connectivity index (χ0) is 11.1. The van der Waals surface area contributed by atoms with Crippen molar-refractivity contribution in [2.45, 2.75) is 20.3 Å². The second kappa shape index (κ2) is 3.49. The van der Waals surface area contributed by atoms with Gasteiger partial charge in [-0.3, -0.25) is 4.79 Å². The molecule has 1 aromatic rings. The van der Waals surface area contributed by atoms with Crippen molar-refractivity contribution < 1.29 is 4.79 Å². The minimum atomic E-state index is 0.0715. The summed E-state index contributed by atoms with van der Waals surface area (Å²) in [4.78, 5) is 15.6. The summed E-state index contributed by atoms with van der Waals surface area (Å²) in [6, 6.07) is 3.38. The molecule has 1 unspecified atom stereocenters. The van der Waals surface area contributed by atoms with Crippen LogP contribution in [0.3, 0.4) is 0 Å². The molecule has 1 atom stereocenters. The number of hydrogen-bond donors (Lipinski definition) is 1. The van der Waals surface area contributed by atoms with Crippen LogP contribution in [0.25, 0.3) is 0 Å². The van der Waals surface area contributed by atoms with Gasteiger partial charge in [-0.25, -0.2) is 4.98 Å². The fourth-order valence-electron chi connectivity index (χ4n) is 1.62. The number of carbonyl (C=O) groups excluding carboxylic acids is 1. The monoisotopic (exact) mass is 224 g/mol. The molecule has 0 spiro atoms. The van der Waals surface area contributed by atoms with Gasteiger partial charge in [-0.1, -0.05) is 25.4 Å². The minimum Gasteiger partial charge on any atom is -0.326 e. The van der Waals surface area contributed by atoms with Crippen LogP contribution in [0.5, 0.6) is 0 Å². The number of rotatable bonds is 2. The third-order valence-corrected chi connectivity index (χ3v) is 3.03. The molecule has 1 fully saturated rings. The molecule has 80 valence electrons. The van der Waals surface area contributed by atoms with Crippen molar-refractivity contribution in [1.29, 1.82) is 0 Å². The summed E-state index contributed by atoms with van der Waals surface area (Å²) in [5.74, 6) is 0.201. The average molecular weight is 225 g/mol. The van der Waals surface area contributed by atoms with Crippen LogP contribution < -0.4 is 5.32 Å². The SMILES string of the molecule is CC1(C)CC1C(=O)Nc1ccnc(Cl)c1. The highest BCUT2D eigenvalue weighted by Crippen LogP contribution is 2.51. The molecule has 0 aliphatic heterocycles. The van der Waals surface area contributed by atoms with Gasteiger partial charge in [0.2, 0.25) is 5.91 Å². The van der Waals surface area contributed by atoms with E-state index in [-0.39, 0.29) is 17.2 Å². The highest BCUT2D eigenvalue weighted by molar-refractivity contribution is 6.29. The summed E-state index contributed by atoms with van der Waals surface area (Å²) in [5, 5.41) is 3.23. The van der Waals surface area contributed by atoms with E-state index < -0.39 is 0 Å². The van der Waals surface area contributed by atoms with Gasteiger partial charge in [-0.05, 0) is 24.0 Å².